The van der Waals surface area contributed by atoms with Crippen molar-refractivity contribution in [2.45, 2.75) is 32.2 Å². The summed E-state index contributed by atoms with van der Waals surface area (Å²) in [6.07, 6.45) is 3.77. The highest BCUT2D eigenvalue weighted by Gasteiger charge is 2.11. The van der Waals surface area contributed by atoms with E-state index in [1.165, 1.54) is 0 Å². The maximum atomic E-state index is 12.2. The molecule has 0 aliphatic carbocycles. The molecular weight excluding hydrogens is 462 g/mol. The van der Waals surface area contributed by atoms with Crippen LogP contribution in [0.2, 0.25) is 5.02 Å². The highest BCUT2D eigenvalue weighted by Crippen LogP contribution is 2.21. The molecule has 6 nitrogen and oxygen atoms in total. The number of hydrogen-bond donors (Lipinski definition) is 1. The lowest BCUT2D eigenvalue weighted by molar-refractivity contribution is 0.0953. The summed E-state index contributed by atoms with van der Waals surface area (Å²) in [5.74, 6) is 2.53. The van der Waals surface area contributed by atoms with Crippen molar-refractivity contribution < 1.29 is 14.3 Å². The average Bonchev–Trinajstić information content (AvgIpc) is 3.23. The van der Waals surface area contributed by atoms with E-state index in [-0.39, 0.29) is 5.91 Å². The number of amides is 1. The molecule has 1 aromatic heterocycles. The molecule has 0 aliphatic heterocycles. The van der Waals surface area contributed by atoms with Crippen molar-refractivity contribution >= 4 is 28.5 Å². The first kappa shape index (κ1) is 24.6. The predicted octanol–water partition coefficient (Wildman–Crippen LogP) is 5.92. The molecule has 0 saturated carbocycles. The fourth-order valence-electron chi connectivity index (χ4n) is 4.03. The summed E-state index contributed by atoms with van der Waals surface area (Å²) >= 11 is 5.97. The molecule has 4 aromatic rings. The van der Waals surface area contributed by atoms with E-state index < -0.39 is 0 Å². The molecule has 0 radical (unpaired) electrons. The van der Waals surface area contributed by atoms with Gasteiger partial charge in [0.1, 0.15) is 23.9 Å². The Bertz CT molecular complexity index is 1270. The van der Waals surface area contributed by atoms with Crippen molar-refractivity contribution in [1.29, 1.82) is 0 Å². The Hall–Kier alpha value is -3.51. The van der Waals surface area contributed by atoms with Crippen molar-refractivity contribution in [3.8, 4) is 11.5 Å². The van der Waals surface area contributed by atoms with Gasteiger partial charge in [-0.3, -0.25) is 4.79 Å². The van der Waals surface area contributed by atoms with Gasteiger partial charge in [-0.25, -0.2) is 4.98 Å². The second-order valence-corrected chi connectivity index (χ2v) is 8.71. The minimum absolute atomic E-state index is 0.0923. The lowest BCUT2D eigenvalue weighted by Crippen LogP contribution is -2.24. The van der Waals surface area contributed by atoms with Gasteiger partial charge in [0.25, 0.3) is 5.91 Å². The number of carbonyl (C=O) groups is 1. The zero-order chi connectivity index (χ0) is 24.5. The number of aromatic nitrogens is 2. The largest absolute Gasteiger partial charge is 0.497 e. The molecule has 0 fully saturated rings. The summed E-state index contributed by atoms with van der Waals surface area (Å²) < 4.78 is 13.5. The molecule has 0 saturated heterocycles. The summed E-state index contributed by atoms with van der Waals surface area (Å²) in [5, 5.41) is 3.53. The second kappa shape index (κ2) is 12.3. The van der Waals surface area contributed by atoms with Crippen LogP contribution >= 0.6 is 11.6 Å². The Morgan fingerprint density at radius 3 is 2.66 bits per heavy atom. The fraction of sp³-hybridized carbons (Fsp3) is 0.286. The summed E-state index contributed by atoms with van der Waals surface area (Å²) in [4.78, 5) is 17.1. The van der Waals surface area contributed by atoms with Gasteiger partial charge in [0, 0.05) is 29.6 Å². The summed E-state index contributed by atoms with van der Waals surface area (Å²) in [7, 11) is 1.65. The smallest absolute Gasteiger partial charge is 0.251 e. The number of carbonyl (C=O) groups excluding carboxylic acids is 1. The first-order chi connectivity index (χ1) is 17.1. The van der Waals surface area contributed by atoms with Crippen molar-refractivity contribution in [2.24, 2.45) is 0 Å². The maximum Gasteiger partial charge on any atom is 0.251 e. The Morgan fingerprint density at radius 1 is 0.971 bits per heavy atom. The van der Waals surface area contributed by atoms with Crippen LogP contribution in [-0.2, 0) is 13.0 Å². The standard InChI is InChI=1S/C28H30ClN3O3/c1-34-23-11-8-12-24(20-23)35-18-17-32-26-14-5-4-13-25(26)31-27(32)15-3-2-6-16-30-28(33)21-9-7-10-22(29)19-21/h4-5,7-14,19-20H,2-3,6,15-18H2,1H3,(H,30,33). The quantitative estimate of drug-likeness (QED) is 0.250. The third-order valence-corrected chi connectivity index (χ3v) is 6.04. The molecular formula is C28H30ClN3O3. The summed E-state index contributed by atoms with van der Waals surface area (Å²) in [6.45, 7) is 1.88. The van der Waals surface area contributed by atoms with Crippen LogP contribution in [0.25, 0.3) is 11.0 Å². The number of halogens is 1. The third kappa shape index (κ3) is 6.76. The minimum Gasteiger partial charge on any atom is -0.497 e. The molecule has 1 N–H and O–H groups in total. The number of nitrogens with zero attached hydrogens (tertiary/aromatic N) is 2. The molecule has 0 bridgehead atoms. The molecule has 182 valence electrons. The topological polar surface area (TPSA) is 65.4 Å². The third-order valence-electron chi connectivity index (χ3n) is 5.81. The Kier molecular flexibility index (Phi) is 8.63. The van der Waals surface area contributed by atoms with E-state index in [0.717, 1.165) is 54.0 Å². The molecule has 35 heavy (non-hydrogen) atoms. The predicted molar refractivity (Wildman–Crippen MR) is 140 cm³/mol. The van der Waals surface area contributed by atoms with E-state index in [0.29, 0.717) is 30.3 Å². The van der Waals surface area contributed by atoms with Crippen LogP contribution in [0.15, 0.2) is 72.8 Å². The molecule has 3 aromatic carbocycles. The lowest BCUT2D eigenvalue weighted by atomic mass is 10.1. The van der Waals surface area contributed by atoms with Gasteiger partial charge < -0.3 is 19.4 Å². The number of ether oxygens (including phenoxy) is 2. The molecule has 1 heterocycles. The van der Waals surface area contributed by atoms with Gasteiger partial charge in [-0.05, 0) is 55.3 Å². The molecule has 1 amide bonds. The number of methoxy groups -OCH3 is 1. The van der Waals surface area contributed by atoms with Crippen LogP contribution in [-0.4, -0.2) is 35.7 Å². The van der Waals surface area contributed by atoms with E-state index in [4.69, 9.17) is 26.1 Å². The number of imidazole rings is 1. The van der Waals surface area contributed by atoms with Crippen molar-refractivity contribution in [3.05, 3.63) is 89.2 Å². The number of aryl methyl sites for hydroxylation is 1. The second-order valence-electron chi connectivity index (χ2n) is 8.27. The van der Waals surface area contributed by atoms with Crippen LogP contribution in [0, 0.1) is 0 Å². The van der Waals surface area contributed by atoms with Gasteiger partial charge in [-0.1, -0.05) is 42.3 Å². The van der Waals surface area contributed by atoms with Crippen molar-refractivity contribution in [2.75, 3.05) is 20.3 Å². The number of para-hydroxylation sites is 2. The number of benzene rings is 3. The van der Waals surface area contributed by atoms with Gasteiger partial charge in [0.05, 0.1) is 24.7 Å². The first-order valence-corrected chi connectivity index (χ1v) is 12.3. The van der Waals surface area contributed by atoms with Crippen LogP contribution in [0.5, 0.6) is 11.5 Å². The number of hydrogen-bond acceptors (Lipinski definition) is 4. The molecule has 4 rings (SSSR count). The molecule has 0 aliphatic rings. The van der Waals surface area contributed by atoms with Crippen LogP contribution < -0.4 is 14.8 Å². The van der Waals surface area contributed by atoms with Crippen molar-refractivity contribution in [1.82, 2.24) is 14.9 Å². The Labute approximate surface area is 210 Å². The summed E-state index contributed by atoms with van der Waals surface area (Å²) in [5.41, 5.74) is 2.70. The highest BCUT2D eigenvalue weighted by atomic mass is 35.5. The zero-order valence-electron chi connectivity index (χ0n) is 19.9. The SMILES string of the molecule is COc1cccc(OCCn2c(CCCCCNC(=O)c3cccc(Cl)c3)nc3ccccc32)c1. The van der Waals surface area contributed by atoms with Gasteiger partial charge in [-0.2, -0.15) is 0 Å². The normalized spacial score (nSPS) is 10.9. The van der Waals surface area contributed by atoms with Crippen LogP contribution in [0.3, 0.4) is 0 Å². The molecule has 0 atom stereocenters. The average molecular weight is 492 g/mol. The van der Waals surface area contributed by atoms with Crippen LogP contribution in [0.4, 0.5) is 0 Å². The Balaban J connectivity index is 1.27. The Morgan fingerprint density at radius 2 is 1.80 bits per heavy atom. The van der Waals surface area contributed by atoms with E-state index in [1.807, 2.05) is 42.5 Å². The monoisotopic (exact) mass is 491 g/mol. The number of unbranched alkanes of at least 4 members (excludes halogenated alkanes) is 2. The number of rotatable bonds is 12. The molecule has 0 unspecified atom stereocenters. The summed E-state index contributed by atoms with van der Waals surface area (Å²) in [6, 6.07) is 22.8. The van der Waals surface area contributed by atoms with Gasteiger partial charge in [-0.15, -0.1) is 0 Å². The van der Waals surface area contributed by atoms with Crippen molar-refractivity contribution in [3.63, 3.8) is 0 Å². The molecule has 7 heteroatoms. The lowest BCUT2D eigenvalue weighted by Gasteiger charge is -2.12. The van der Waals surface area contributed by atoms with Gasteiger partial charge >= 0.3 is 0 Å². The van der Waals surface area contributed by atoms with E-state index in [9.17, 15) is 4.79 Å². The van der Waals surface area contributed by atoms with E-state index in [2.05, 4.69) is 16.0 Å². The highest BCUT2D eigenvalue weighted by molar-refractivity contribution is 6.30. The fourth-order valence-corrected chi connectivity index (χ4v) is 4.22. The van der Waals surface area contributed by atoms with E-state index in [1.54, 1.807) is 31.4 Å². The first-order valence-electron chi connectivity index (χ1n) is 11.9. The molecule has 0 spiro atoms. The van der Waals surface area contributed by atoms with Gasteiger partial charge in [0.2, 0.25) is 0 Å². The minimum atomic E-state index is -0.0923. The van der Waals surface area contributed by atoms with Crippen LogP contribution in [0.1, 0.15) is 35.4 Å². The number of nitrogens with one attached hydrogen (secondary N) is 1. The number of fused-ring (bicyclic) bond motifs is 1. The van der Waals surface area contributed by atoms with Gasteiger partial charge in [0.15, 0.2) is 0 Å². The van der Waals surface area contributed by atoms with E-state index >= 15 is 0 Å². The zero-order valence-corrected chi connectivity index (χ0v) is 20.6. The maximum absolute atomic E-state index is 12.2.